The molecule has 4 heteroatoms. The summed E-state index contributed by atoms with van der Waals surface area (Å²) in [6.45, 7) is 1.96. The molecule has 15 heavy (non-hydrogen) atoms. The molecule has 1 aromatic carbocycles. The Balaban J connectivity index is 2.72. The summed E-state index contributed by atoms with van der Waals surface area (Å²) in [5.74, 6) is 4.55. The van der Waals surface area contributed by atoms with Gasteiger partial charge in [0.15, 0.2) is 0 Å². The molecule has 78 valence electrons. The molecular weight excluding hydrogens is 261 g/mol. The minimum Gasteiger partial charge on any atom is -0.341 e. The van der Waals surface area contributed by atoms with Crippen molar-refractivity contribution in [3.05, 3.63) is 34.1 Å². The summed E-state index contributed by atoms with van der Waals surface area (Å²) in [6.07, 6.45) is 0. The van der Waals surface area contributed by atoms with E-state index in [-0.39, 0.29) is 18.0 Å². The zero-order valence-corrected chi connectivity index (χ0v) is 9.69. The highest BCUT2D eigenvalue weighted by Crippen LogP contribution is 2.16. The Morgan fingerprint density at radius 1 is 1.60 bits per heavy atom. The minimum atomic E-state index is -0.454. The first-order valence-electron chi connectivity index (χ1n) is 4.28. The summed E-state index contributed by atoms with van der Waals surface area (Å²) < 4.78 is 13.4. The highest BCUT2D eigenvalue weighted by Gasteiger charge is 2.07. The van der Waals surface area contributed by atoms with Gasteiger partial charge in [-0.15, -0.1) is 5.92 Å². The van der Waals surface area contributed by atoms with Crippen molar-refractivity contribution in [3.63, 3.8) is 0 Å². The van der Waals surface area contributed by atoms with Gasteiger partial charge >= 0.3 is 0 Å². The van der Waals surface area contributed by atoms with Crippen molar-refractivity contribution in [1.29, 1.82) is 0 Å². The van der Waals surface area contributed by atoms with Crippen molar-refractivity contribution in [2.45, 2.75) is 6.92 Å². The van der Waals surface area contributed by atoms with Gasteiger partial charge in [0.25, 0.3) is 5.91 Å². The van der Waals surface area contributed by atoms with Crippen molar-refractivity contribution in [3.8, 4) is 11.8 Å². The molecule has 1 amide bonds. The maximum absolute atomic E-state index is 13.1. The predicted molar refractivity (Wildman–Crippen MR) is 59.9 cm³/mol. The fourth-order valence-corrected chi connectivity index (χ4v) is 1.20. The molecule has 0 aromatic heterocycles. The minimum absolute atomic E-state index is 0.271. The van der Waals surface area contributed by atoms with E-state index in [9.17, 15) is 9.18 Å². The van der Waals surface area contributed by atoms with E-state index in [1.807, 2.05) is 0 Å². The Labute approximate surface area is 96.0 Å². The van der Waals surface area contributed by atoms with E-state index >= 15 is 0 Å². The number of nitrogens with one attached hydrogen (secondary N) is 1. The van der Waals surface area contributed by atoms with E-state index in [1.165, 1.54) is 12.1 Å². The van der Waals surface area contributed by atoms with Gasteiger partial charge in [-0.05, 0) is 41.1 Å². The van der Waals surface area contributed by atoms with Crippen molar-refractivity contribution in [2.24, 2.45) is 0 Å². The van der Waals surface area contributed by atoms with Crippen LogP contribution in [0.1, 0.15) is 17.3 Å². The van der Waals surface area contributed by atoms with Crippen LogP contribution in [-0.2, 0) is 0 Å². The van der Waals surface area contributed by atoms with Gasteiger partial charge in [0.1, 0.15) is 5.82 Å². The number of benzene rings is 1. The summed E-state index contributed by atoms with van der Waals surface area (Å²) in [4.78, 5) is 11.4. The molecule has 0 heterocycles. The Hall–Kier alpha value is -1.34. The number of hydrogen-bond acceptors (Lipinski definition) is 1. The number of hydrogen-bond donors (Lipinski definition) is 1. The summed E-state index contributed by atoms with van der Waals surface area (Å²) in [5.41, 5.74) is 0.286. The van der Waals surface area contributed by atoms with Crippen LogP contribution in [0.4, 0.5) is 4.39 Å². The van der Waals surface area contributed by atoms with Gasteiger partial charge in [-0.3, -0.25) is 4.79 Å². The predicted octanol–water partition coefficient (Wildman–Crippen LogP) is 2.34. The van der Waals surface area contributed by atoms with E-state index in [2.05, 4.69) is 33.1 Å². The van der Waals surface area contributed by atoms with Crippen LogP contribution < -0.4 is 5.32 Å². The molecule has 0 spiro atoms. The van der Waals surface area contributed by atoms with Crippen molar-refractivity contribution >= 4 is 21.8 Å². The van der Waals surface area contributed by atoms with Gasteiger partial charge in [0.2, 0.25) is 0 Å². The zero-order chi connectivity index (χ0) is 11.3. The molecule has 0 saturated carbocycles. The van der Waals surface area contributed by atoms with Crippen LogP contribution in [0.3, 0.4) is 0 Å². The molecule has 0 aliphatic rings. The maximum atomic E-state index is 13.1. The van der Waals surface area contributed by atoms with Gasteiger partial charge in [0, 0.05) is 5.56 Å². The second-order valence-electron chi connectivity index (χ2n) is 2.74. The summed E-state index contributed by atoms with van der Waals surface area (Å²) in [5, 5.41) is 2.55. The highest BCUT2D eigenvalue weighted by molar-refractivity contribution is 9.10. The van der Waals surface area contributed by atoms with Gasteiger partial charge < -0.3 is 5.32 Å². The molecule has 0 fully saturated rings. The van der Waals surface area contributed by atoms with E-state index in [4.69, 9.17) is 0 Å². The van der Waals surface area contributed by atoms with Crippen LogP contribution in [0.15, 0.2) is 22.7 Å². The van der Waals surface area contributed by atoms with E-state index in [0.717, 1.165) is 0 Å². The van der Waals surface area contributed by atoms with E-state index in [1.54, 1.807) is 13.0 Å². The lowest BCUT2D eigenvalue weighted by atomic mass is 10.2. The monoisotopic (exact) mass is 269 g/mol. The molecule has 0 aliphatic carbocycles. The lowest BCUT2D eigenvalue weighted by Gasteiger charge is -2.02. The first-order chi connectivity index (χ1) is 7.15. The fourth-order valence-electron chi connectivity index (χ4n) is 0.952. The first-order valence-corrected chi connectivity index (χ1v) is 5.07. The Morgan fingerprint density at radius 3 is 2.93 bits per heavy atom. The molecular formula is C11H9BrFNO. The Bertz CT molecular complexity index is 434. The summed E-state index contributed by atoms with van der Waals surface area (Å²) in [6, 6.07) is 4.22. The van der Waals surface area contributed by atoms with Crippen LogP contribution in [0.25, 0.3) is 0 Å². The summed E-state index contributed by atoms with van der Waals surface area (Å²) >= 11 is 3.01. The third-order valence-corrected chi connectivity index (χ3v) is 2.34. The molecule has 1 N–H and O–H groups in total. The number of amides is 1. The Kier molecular flexibility index (Phi) is 4.32. The quantitative estimate of drug-likeness (QED) is 0.821. The van der Waals surface area contributed by atoms with Gasteiger partial charge in [-0.25, -0.2) is 4.39 Å². The van der Waals surface area contributed by atoms with Gasteiger partial charge in [-0.2, -0.15) is 0 Å². The SMILES string of the molecule is CC#CCNC(=O)c1ccc(Br)c(F)c1. The molecule has 0 aliphatic heterocycles. The van der Waals surface area contributed by atoms with Crippen molar-refractivity contribution in [2.75, 3.05) is 6.54 Å². The molecule has 1 rings (SSSR count). The van der Waals surface area contributed by atoms with Crippen LogP contribution in [0.2, 0.25) is 0 Å². The smallest absolute Gasteiger partial charge is 0.252 e. The molecule has 0 bridgehead atoms. The third kappa shape index (κ3) is 3.37. The second-order valence-corrected chi connectivity index (χ2v) is 3.59. The first kappa shape index (κ1) is 11.7. The van der Waals surface area contributed by atoms with E-state index in [0.29, 0.717) is 4.47 Å². The molecule has 2 nitrogen and oxygen atoms in total. The third-order valence-electron chi connectivity index (χ3n) is 1.70. The lowest BCUT2D eigenvalue weighted by molar-refractivity contribution is 0.0958. The summed E-state index contributed by atoms with van der Waals surface area (Å²) in [7, 11) is 0. The standard InChI is InChI=1S/C11H9BrFNO/c1-2-3-6-14-11(15)8-4-5-9(12)10(13)7-8/h4-5,7H,6H2,1H3,(H,14,15). The Morgan fingerprint density at radius 2 is 2.33 bits per heavy atom. The number of carbonyl (C=O) groups excluding carboxylic acids is 1. The fraction of sp³-hybridized carbons (Fsp3) is 0.182. The zero-order valence-electron chi connectivity index (χ0n) is 8.10. The highest BCUT2D eigenvalue weighted by atomic mass is 79.9. The largest absolute Gasteiger partial charge is 0.341 e. The van der Waals surface area contributed by atoms with Crippen molar-refractivity contribution in [1.82, 2.24) is 5.32 Å². The normalized spacial score (nSPS) is 9.00. The number of carbonyl (C=O) groups is 1. The topological polar surface area (TPSA) is 29.1 Å². The molecule has 0 radical (unpaired) electrons. The average Bonchev–Trinajstić information content (AvgIpc) is 2.22. The van der Waals surface area contributed by atoms with Crippen LogP contribution in [0, 0.1) is 17.7 Å². The van der Waals surface area contributed by atoms with Gasteiger partial charge in [0.05, 0.1) is 11.0 Å². The van der Waals surface area contributed by atoms with Crippen LogP contribution in [0.5, 0.6) is 0 Å². The average molecular weight is 270 g/mol. The van der Waals surface area contributed by atoms with Crippen LogP contribution in [-0.4, -0.2) is 12.5 Å². The number of rotatable bonds is 2. The van der Waals surface area contributed by atoms with Crippen LogP contribution >= 0.6 is 15.9 Å². The molecule has 0 unspecified atom stereocenters. The van der Waals surface area contributed by atoms with E-state index < -0.39 is 5.82 Å². The molecule has 0 saturated heterocycles. The maximum Gasteiger partial charge on any atom is 0.252 e. The van der Waals surface area contributed by atoms with Gasteiger partial charge in [-0.1, -0.05) is 5.92 Å². The number of halogens is 2. The molecule has 1 aromatic rings. The van der Waals surface area contributed by atoms with Crippen molar-refractivity contribution < 1.29 is 9.18 Å². The lowest BCUT2D eigenvalue weighted by Crippen LogP contribution is -2.23. The second kappa shape index (κ2) is 5.52. The molecule has 0 atom stereocenters.